The molecule has 0 unspecified atom stereocenters. The number of aromatic nitrogens is 1. The number of carbonyl (C=O) groups is 1. The molecule has 0 amide bonds. The third-order valence-electron chi connectivity index (χ3n) is 1.48. The summed E-state index contributed by atoms with van der Waals surface area (Å²) < 4.78 is 0. The molecule has 12 heavy (non-hydrogen) atoms. The van der Waals surface area contributed by atoms with E-state index in [0.29, 0.717) is 12.8 Å². The minimum Gasteiger partial charge on any atom is -0.299 e. The summed E-state index contributed by atoms with van der Waals surface area (Å²) in [6, 6.07) is 5.56. The highest BCUT2D eigenvalue weighted by atomic mass is 16.1. The number of pyridine rings is 1. The van der Waals surface area contributed by atoms with Gasteiger partial charge >= 0.3 is 0 Å². The lowest BCUT2D eigenvalue weighted by molar-refractivity contribution is -0.117. The van der Waals surface area contributed by atoms with Crippen LogP contribution < -0.4 is 0 Å². The fourth-order valence-corrected chi connectivity index (χ4v) is 0.938. The Kier molecular flexibility index (Phi) is 3.20. The molecule has 0 atom stereocenters. The van der Waals surface area contributed by atoms with E-state index in [9.17, 15) is 4.79 Å². The Balaban J connectivity index is 2.52. The number of hydrogen-bond acceptors (Lipinski definition) is 2. The average molecular weight is 161 g/mol. The third kappa shape index (κ3) is 2.66. The molecule has 0 aliphatic carbocycles. The van der Waals surface area contributed by atoms with Crippen molar-refractivity contribution in [3.63, 3.8) is 0 Å². The van der Waals surface area contributed by atoms with Gasteiger partial charge in [0.05, 0.1) is 0 Å². The summed E-state index contributed by atoms with van der Waals surface area (Å²) in [4.78, 5) is 15.1. The Morgan fingerprint density at radius 2 is 2.42 bits per heavy atom. The van der Waals surface area contributed by atoms with Crippen LogP contribution in [0.25, 0.3) is 0 Å². The van der Waals surface area contributed by atoms with Crippen molar-refractivity contribution in [1.29, 1.82) is 0 Å². The molecule has 1 aromatic rings. The first-order chi connectivity index (χ1) is 5.83. The predicted octanol–water partition coefficient (Wildman–Crippen LogP) is 1.77. The van der Waals surface area contributed by atoms with Crippen molar-refractivity contribution in [2.24, 2.45) is 0 Å². The molecule has 0 fully saturated rings. The first-order valence-electron chi connectivity index (χ1n) is 3.85. The molecule has 2 nitrogen and oxygen atoms in total. The van der Waals surface area contributed by atoms with Crippen LogP contribution in [-0.4, -0.2) is 10.8 Å². The number of nitrogens with zero attached hydrogens (tertiary/aromatic N) is 1. The number of ketones is 1. The van der Waals surface area contributed by atoms with E-state index in [1.54, 1.807) is 12.3 Å². The maximum atomic E-state index is 11.1. The molecular formula is C10H11NO. The van der Waals surface area contributed by atoms with E-state index in [-0.39, 0.29) is 5.78 Å². The Morgan fingerprint density at radius 1 is 1.58 bits per heavy atom. The van der Waals surface area contributed by atoms with Crippen molar-refractivity contribution in [1.82, 2.24) is 4.98 Å². The highest BCUT2D eigenvalue weighted by Crippen LogP contribution is 1.97. The average Bonchev–Trinajstić information content (AvgIpc) is 2.06. The van der Waals surface area contributed by atoms with E-state index < -0.39 is 0 Å². The highest BCUT2D eigenvalue weighted by molar-refractivity contribution is 5.81. The summed E-state index contributed by atoms with van der Waals surface area (Å²) in [5.74, 6) is 0.156. The standard InChI is InChI=1S/C10H11NO/c1-2-5-10(12)8-9-6-3-4-7-11-9/h2-4,6-7H,1,5,8H2. The van der Waals surface area contributed by atoms with Crippen LogP contribution in [0.4, 0.5) is 0 Å². The zero-order valence-corrected chi connectivity index (χ0v) is 6.86. The predicted molar refractivity (Wildman–Crippen MR) is 47.8 cm³/mol. The van der Waals surface area contributed by atoms with Crippen LogP contribution in [-0.2, 0) is 11.2 Å². The minimum absolute atomic E-state index is 0.156. The lowest BCUT2D eigenvalue weighted by atomic mass is 10.1. The van der Waals surface area contributed by atoms with E-state index in [0.717, 1.165) is 5.69 Å². The van der Waals surface area contributed by atoms with Gasteiger partial charge in [0.25, 0.3) is 0 Å². The van der Waals surface area contributed by atoms with Gasteiger partial charge in [-0.15, -0.1) is 6.58 Å². The van der Waals surface area contributed by atoms with Gasteiger partial charge < -0.3 is 0 Å². The normalized spacial score (nSPS) is 9.33. The Morgan fingerprint density at radius 3 is 3.00 bits per heavy atom. The summed E-state index contributed by atoms with van der Waals surface area (Å²) in [5.41, 5.74) is 0.823. The van der Waals surface area contributed by atoms with Crippen molar-refractivity contribution in [2.75, 3.05) is 0 Å². The lowest BCUT2D eigenvalue weighted by Gasteiger charge is -1.95. The number of hydrogen-bond donors (Lipinski definition) is 0. The molecular weight excluding hydrogens is 150 g/mol. The van der Waals surface area contributed by atoms with Crippen LogP contribution in [0.1, 0.15) is 12.1 Å². The van der Waals surface area contributed by atoms with E-state index in [1.807, 2.05) is 18.2 Å². The fraction of sp³-hybridized carbons (Fsp3) is 0.200. The number of carbonyl (C=O) groups excluding carboxylic acids is 1. The summed E-state index contributed by atoms with van der Waals surface area (Å²) in [6.07, 6.45) is 4.14. The van der Waals surface area contributed by atoms with Gasteiger partial charge in [-0.25, -0.2) is 0 Å². The lowest BCUT2D eigenvalue weighted by Crippen LogP contribution is -2.01. The maximum absolute atomic E-state index is 11.1. The summed E-state index contributed by atoms with van der Waals surface area (Å²) in [6.45, 7) is 3.50. The molecule has 0 N–H and O–H groups in total. The topological polar surface area (TPSA) is 30.0 Å². The van der Waals surface area contributed by atoms with Gasteiger partial charge in [-0.3, -0.25) is 9.78 Å². The summed E-state index contributed by atoms with van der Waals surface area (Å²) in [7, 11) is 0. The van der Waals surface area contributed by atoms with Crippen molar-refractivity contribution >= 4 is 5.78 Å². The smallest absolute Gasteiger partial charge is 0.142 e. The van der Waals surface area contributed by atoms with Crippen LogP contribution >= 0.6 is 0 Å². The molecule has 0 saturated heterocycles. The number of rotatable bonds is 4. The fourth-order valence-electron chi connectivity index (χ4n) is 0.938. The van der Waals surface area contributed by atoms with Gasteiger partial charge in [0, 0.05) is 24.7 Å². The molecule has 1 rings (SSSR count). The molecule has 0 saturated carbocycles. The second kappa shape index (κ2) is 4.44. The van der Waals surface area contributed by atoms with E-state index in [1.165, 1.54) is 0 Å². The quantitative estimate of drug-likeness (QED) is 0.630. The first kappa shape index (κ1) is 8.65. The van der Waals surface area contributed by atoms with Gasteiger partial charge in [-0.2, -0.15) is 0 Å². The van der Waals surface area contributed by atoms with Crippen LogP contribution in [0.5, 0.6) is 0 Å². The molecule has 0 aromatic carbocycles. The van der Waals surface area contributed by atoms with E-state index in [2.05, 4.69) is 11.6 Å². The first-order valence-corrected chi connectivity index (χ1v) is 3.85. The molecule has 2 heteroatoms. The van der Waals surface area contributed by atoms with Gasteiger partial charge in [0.15, 0.2) is 0 Å². The SMILES string of the molecule is C=CCC(=O)Cc1ccccn1. The van der Waals surface area contributed by atoms with Gasteiger partial charge in [-0.05, 0) is 12.1 Å². The van der Waals surface area contributed by atoms with Crippen LogP contribution in [0.15, 0.2) is 37.1 Å². The number of Topliss-reactive ketones (excluding diaryl/α,β-unsaturated/α-hetero) is 1. The van der Waals surface area contributed by atoms with Gasteiger partial charge in [0.1, 0.15) is 5.78 Å². The Hall–Kier alpha value is -1.44. The van der Waals surface area contributed by atoms with Crippen molar-refractivity contribution in [3.05, 3.63) is 42.7 Å². The number of allylic oxidation sites excluding steroid dienone is 1. The second-order valence-electron chi connectivity index (χ2n) is 2.53. The molecule has 1 aromatic heterocycles. The zero-order chi connectivity index (χ0) is 8.81. The van der Waals surface area contributed by atoms with Crippen LogP contribution in [0.2, 0.25) is 0 Å². The summed E-state index contributed by atoms with van der Waals surface area (Å²) >= 11 is 0. The molecule has 0 aliphatic rings. The maximum Gasteiger partial charge on any atom is 0.142 e. The molecule has 0 bridgehead atoms. The van der Waals surface area contributed by atoms with Gasteiger partial charge in [-0.1, -0.05) is 12.1 Å². The van der Waals surface area contributed by atoms with Crippen molar-refractivity contribution < 1.29 is 4.79 Å². The monoisotopic (exact) mass is 161 g/mol. The molecule has 1 heterocycles. The molecule has 0 spiro atoms. The van der Waals surface area contributed by atoms with Gasteiger partial charge in [0.2, 0.25) is 0 Å². The third-order valence-corrected chi connectivity index (χ3v) is 1.48. The van der Waals surface area contributed by atoms with Crippen LogP contribution in [0.3, 0.4) is 0 Å². The minimum atomic E-state index is 0.156. The molecule has 62 valence electrons. The summed E-state index contributed by atoms with van der Waals surface area (Å²) in [5, 5.41) is 0. The van der Waals surface area contributed by atoms with Crippen molar-refractivity contribution in [2.45, 2.75) is 12.8 Å². The second-order valence-corrected chi connectivity index (χ2v) is 2.53. The van der Waals surface area contributed by atoms with E-state index in [4.69, 9.17) is 0 Å². The van der Waals surface area contributed by atoms with Crippen molar-refractivity contribution in [3.8, 4) is 0 Å². The molecule has 0 radical (unpaired) electrons. The van der Waals surface area contributed by atoms with E-state index >= 15 is 0 Å². The van der Waals surface area contributed by atoms with Crippen LogP contribution in [0, 0.1) is 0 Å². The largest absolute Gasteiger partial charge is 0.299 e. The molecule has 0 aliphatic heterocycles. The Bertz CT molecular complexity index is 266. The highest BCUT2D eigenvalue weighted by Gasteiger charge is 2.00. The Labute approximate surface area is 71.9 Å². The zero-order valence-electron chi connectivity index (χ0n) is 6.86.